The van der Waals surface area contributed by atoms with Gasteiger partial charge in [0, 0.05) is 11.6 Å². The molecule has 1 aliphatic rings. The number of carbonyl (C=O) groups excluding carboxylic acids is 1. The first kappa shape index (κ1) is 17.3. The molecule has 1 fully saturated rings. The predicted molar refractivity (Wildman–Crippen MR) is 105 cm³/mol. The maximum Gasteiger partial charge on any atom is 0.272 e. The number of benzene rings is 2. The first-order chi connectivity index (χ1) is 11.9. The number of amides is 1. The first-order valence-electron chi connectivity index (χ1n) is 7.47. The number of anilines is 1. The number of nitro groups is 1. The number of nitro benzene ring substituents is 1. The van der Waals surface area contributed by atoms with Gasteiger partial charge in [-0.3, -0.25) is 19.8 Å². The van der Waals surface area contributed by atoms with E-state index in [2.05, 4.69) is 0 Å². The number of thiocarbonyl (C=S) groups is 1. The van der Waals surface area contributed by atoms with E-state index < -0.39 is 4.92 Å². The van der Waals surface area contributed by atoms with Gasteiger partial charge in [0.2, 0.25) is 0 Å². The molecule has 1 saturated heterocycles. The Bertz CT molecular complexity index is 938. The number of hydrogen-bond acceptors (Lipinski definition) is 5. The van der Waals surface area contributed by atoms with Gasteiger partial charge in [0.1, 0.15) is 0 Å². The molecule has 2 aromatic carbocycles. The van der Waals surface area contributed by atoms with Gasteiger partial charge in [-0.15, -0.1) is 0 Å². The van der Waals surface area contributed by atoms with Gasteiger partial charge in [0.25, 0.3) is 11.6 Å². The minimum atomic E-state index is -0.425. The number of thioether (sulfide) groups is 1. The molecule has 0 aliphatic carbocycles. The van der Waals surface area contributed by atoms with Crippen molar-refractivity contribution in [2.45, 2.75) is 13.8 Å². The lowest BCUT2D eigenvalue weighted by Gasteiger charge is -2.16. The largest absolute Gasteiger partial charge is 0.272 e. The van der Waals surface area contributed by atoms with Crippen LogP contribution in [0.15, 0.2) is 47.4 Å². The van der Waals surface area contributed by atoms with E-state index in [4.69, 9.17) is 12.2 Å². The van der Waals surface area contributed by atoms with E-state index in [0.29, 0.717) is 20.4 Å². The third kappa shape index (κ3) is 3.33. The van der Waals surface area contributed by atoms with Crippen molar-refractivity contribution in [3.63, 3.8) is 0 Å². The van der Waals surface area contributed by atoms with Gasteiger partial charge in [0.15, 0.2) is 4.32 Å². The SMILES string of the molecule is Cc1ccccc1N1C(=O)/C(=C\c2ccc(C)c([N+](=O)[O-])c2)SC1=S. The van der Waals surface area contributed by atoms with E-state index in [-0.39, 0.29) is 11.6 Å². The molecule has 0 unspecified atom stereocenters. The number of carbonyl (C=O) groups is 1. The normalized spacial score (nSPS) is 15.9. The lowest BCUT2D eigenvalue weighted by Crippen LogP contribution is -2.28. The average molecular weight is 370 g/mol. The van der Waals surface area contributed by atoms with Crippen molar-refractivity contribution < 1.29 is 9.72 Å². The minimum Gasteiger partial charge on any atom is -0.268 e. The van der Waals surface area contributed by atoms with Crippen molar-refractivity contribution in [3.05, 3.63) is 74.2 Å². The van der Waals surface area contributed by atoms with Crippen LogP contribution in [0.5, 0.6) is 0 Å². The van der Waals surface area contributed by atoms with Gasteiger partial charge in [-0.25, -0.2) is 0 Å². The molecule has 3 rings (SSSR count). The van der Waals surface area contributed by atoms with Crippen LogP contribution in [0.4, 0.5) is 11.4 Å². The topological polar surface area (TPSA) is 63.5 Å². The fraction of sp³-hybridized carbons (Fsp3) is 0.111. The van der Waals surface area contributed by atoms with Crippen LogP contribution in [-0.4, -0.2) is 15.2 Å². The van der Waals surface area contributed by atoms with Gasteiger partial charge < -0.3 is 0 Å². The summed E-state index contributed by atoms with van der Waals surface area (Å²) in [6.07, 6.45) is 1.64. The van der Waals surface area contributed by atoms with E-state index >= 15 is 0 Å². The summed E-state index contributed by atoms with van der Waals surface area (Å²) in [4.78, 5) is 25.4. The van der Waals surface area contributed by atoms with Crippen LogP contribution in [0.1, 0.15) is 16.7 Å². The fourth-order valence-corrected chi connectivity index (χ4v) is 3.84. The summed E-state index contributed by atoms with van der Waals surface area (Å²) < 4.78 is 0.451. The predicted octanol–water partition coefficient (Wildman–Crippen LogP) is 4.62. The Labute approximate surface area is 154 Å². The quantitative estimate of drug-likeness (QED) is 0.341. The molecule has 7 heteroatoms. The Hall–Kier alpha value is -2.51. The monoisotopic (exact) mass is 370 g/mol. The summed E-state index contributed by atoms with van der Waals surface area (Å²) in [5.41, 5.74) is 2.91. The average Bonchev–Trinajstić information content (AvgIpc) is 2.84. The van der Waals surface area contributed by atoms with Crippen LogP contribution >= 0.6 is 24.0 Å². The molecule has 0 saturated carbocycles. The highest BCUT2D eigenvalue weighted by Crippen LogP contribution is 2.37. The highest BCUT2D eigenvalue weighted by Gasteiger charge is 2.34. The molecule has 0 aromatic heterocycles. The summed E-state index contributed by atoms with van der Waals surface area (Å²) in [6, 6.07) is 12.4. The summed E-state index contributed by atoms with van der Waals surface area (Å²) >= 11 is 6.56. The van der Waals surface area contributed by atoms with Crippen molar-refractivity contribution in [2.75, 3.05) is 4.90 Å². The number of para-hydroxylation sites is 1. The van der Waals surface area contributed by atoms with Crippen LogP contribution in [0, 0.1) is 24.0 Å². The Morgan fingerprint density at radius 1 is 1.16 bits per heavy atom. The molecule has 1 heterocycles. The van der Waals surface area contributed by atoms with E-state index in [9.17, 15) is 14.9 Å². The van der Waals surface area contributed by atoms with E-state index in [1.807, 2.05) is 31.2 Å². The molecule has 2 aromatic rings. The van der Waals surface area contributed by atoms with E-state index in [1.54, 1.807) is 25.1 Å². The standard InChI is InChI=1S/C18H14N2O3S2/c1-11-5-3-4-6-14(11)19-17(21)16(25-18(19)24)10-13-8-7-12(2)15(9-13)20(22)23/h3-10H,1-2H3/b16-10+. The zero-order chi connectivity index (χ0) is 18.1. The van der Waals surface area contributed by atoms with Crippen molar-refractivity contribution in [1.29, 1.82) is 0 Å². The van der Waals surface area contributed by atoms with Gasteiger partial charge in [0.05, 0.1) is 15.5 Å². The highest BCUT2D eigenvalue weighted by molar-refractivity contribution is 8.27. The van der Waals surface area contributed by atoms with Crippen molar-refractivity contribution in [1.82, 2.24) is 0 Å². The van der Waals surface area contributed by atoms with Gasteiger partial charge in [-0.1, -0.05) is 54.3 Å². The van der Waals surface area contributed by atoms with Crippen molar-refractivity contribution in [2.24, 2.45) is 0 Å². The maximum atomic E-state index is 12.8. The number of rotatable bonds is 3. The Morgan fingerprint density at radius 2 is 1.88 bits per heavy atom. The highest BCUT2D eigenvalue weighted by atomic mass is 32.2. The molecule has 1 amide bonds. The Balaban J connectivity index is 1.98. The zero-order valence-electron chi connectivity index (χ0n) is 13.6. The summed E-state index contributed by atoms with van der Waals surface area (Å²) in [5, 5.41) is 11.1. The van der Waals surface area contributed by atoms with Crippen LogP contribution in [-0.2, 0) is 4.79 Å². The van der Waals surface area contributed by atoms with Crippen molar-refractivity contribution in [3.8, 4) is 0 Å². The molecule has 0 bridgehead atoms. The van der Waals surface area contributed by atoms with Gasteiger partial charge >= 0.3 is 0 Å². The van der Waals surface area contributed by atoms with Crippen LogP contribution < -0.4 is 4.90 Å². The molecule has 0 atom stereocenters. The second-order valence-electron chi connectivity index (χ2n) is 5.61. The third-order valence-corrected chi connectivity index (χ3v) is 5.18. The fourth-order valence-electron chi connectivity index (χ4n) is 2.55. The Kier molecular flexibility index (Phi) is 4.69. The molecule has 5 nitrogen and oxygen atoms in total. The summed E-state index contributed by atoms with van der Waals surface area (Å²) in [6.45, 7) is 3.60. The second-order valence-corrected chi connectivity index (χ2v) is 7.28. The molecule has 1 aliphatic heterocycles. The maximum absolute atomic E-state index is 12.8. The molecule has 0 N–H and O–H groups in total. The number of hydrogen-bond donors (Lipinski definition) is 0. The van der Waals surface area contributed by atoms with Gasteiger partial charge in [-0.2, -0.15) is 0 Å². The number of aryl methyl sites for hydroxylation is 2. The first-order valence-corrected chi connectivity index (χ1v) is 8.69. The lowest BCUT2D eigenvalue weighted by molar-refractivity contribution is -0.385. The Morgan fingerprint density at radius 3 is 2.56 bits per heavy atom. The van der Waals surface area contributed by atoms with Crippen LogP contribution in [0.2, 0.25) is 0 Å². The van der Waals surface area contributed by atoms with Crippen molar-refractivity contribution >= 4 is 51.7 Å². The minimum absolute atomic E-state index is 0.0307. The summed E-state index contributed by atoms with van der Waals surface area (Å²) in [7, 11) is 0. The van der Waals surface area contributed by atoms with Gasteiger partial charge in [-0.05, 0) is 37.1 Å². The molecule has 0 radical (unpaired) electrons. The number of nitrogens with zero attached hydrogens (tertiary/aromatic N) is 2. The lowest BCUT2D eigenvalue weighted by atomic mass is 10.1. The van der Waals surface area contributed by atoms with E-state index in [0.717, 1.165) is 11.3 Å². The van der Waals surface area contributed by atoms with Crippen LogP contribution in [0.3, 0.4) is 0 Å². The smallest absolute Gasteiger partial charge is 0.268 e. The molecule has 25 heavy (non-hydrogen) atoms. The molecule has 126 valence electrons. The third-order valence-electron chi connectivity index (χ3n) is 3.88. The summed E-state index contributed by atoms with van der Waals surface area (Å²) in [5.74, 6) is -0.215. The van der Waals surface area contributed by atoms with Crippen LogP contribution in [0.25, 0.3) is 6.08 Å². The zero-order valence-corrected chi connectivity index (χ0v) is 15.2. The second kappa shape index (κ2) is 6.78. The van der Waals surface area contributed by atoms with E-state index in [1.165, 1.54) is 22.7 Å². The molecular formula is C18H14N2O3S2. The molecular weight excluding hydrogens is 356 g/mol. The molecule has 0 spiro atoms.